The van der Waals surface area contributed by atoms with Crippen LogP contribution in [0, 0.1) is 6.92 Å². The Hall–Kier alpha value is -1.75. The molecule has 0 aliphatic rings. The predicted octanol–water partition coefficient (Wildman–Crippen LogP) is 1.58. The van der Waals surface area contributed by atoms with E-state index in [2.05, 4.69) is 5.32 Å². The summed E-state index contributed by atoms with van der Waals surface area (Å²) in [5.41, 5.74) is 2.22. The highest BCUT2D eigenvalue weighted by Gasteiger charge is 2.18. The summed E-state index contributed by atoms with van der Waals surface area (Å²) in [6.45, 7) is 4.57. The van der Waals surface area contributed by atoms with E-state index in [1.54, 1.807) is 21.3 Å². The van der Waals surface area contributed by atoms with E-state index in [1.165, 1.54) is 0 Å². The van der Waals surface area contributed by atoms with E-state index in [-0.39, 0.29) is 11.9 Å². The average Bonchev–Trinajstić information content (AvgIpc) is 2.46. The maximum atomic E-state index is 11.7. The third-order valence-electron chi connectivity index (χ3n) is 3.55. The zero-order valence-corrected chi connectivity index (χ0v) is 13.1. The SMILES string of the molecule is CNC(=O)[C@@H](C)N(C)Cc1cc(OC)c(OC)cc1C. The minimum Gasteiger partial charge on any atom is -0.493 e. The lowest BCUT2D eigenvalue weighted by Crippen LogP contribution is -2.41. The summed E-state index contributed by atoms with van der Waals surface area (Å²) in [7, 11) is 6.81. The molecule has 0 radical (unpaired) electrons. The summed E-state index contributed by atoms with van der Waals surface area (Å²) in [4.78, 5) is 13.6. The van der Waals surface area contributed by atoms with Gasteiger partial charge in [-0.1, -0.05) is 0 Å². The smallest absolute Gasteiger partial charge is 0.236 e. The van der Waals surface area contributed by atoms with E-state index in [0.717, 1.165) is 16.9 Å². The third kappa shape index (κ3) is 3.63. The molecule has 0 bridgehead atoms. The van der Waals surface area contributed by atoms with Crippen LogP contribution in [0.1, 0.15) is 18.1 Å². The number of hydrogen-bond donors (Lipinski definition) is 1. The summed E-state index contributed by atoms with van der Waals surface area (Å²) in [5.74, 6) is 1.43. The van der Waals surface area contributed by atoms with Crippen molar-refractivity contribution in [2.24, 2.45) is 0 Å². The highest BCUT2D eigenvalue weighted by molar-refractivity contribution is 5.80. The molecule has 0 aliphatic heterocycles. The largest absolute Gasteiger partial charge is 0.493 e. The van der Waals surface area contributed by atoms with Crippen molar-refractivity contribution in [1.82, 2.24) is 10.2 Å². The number of rotatable bonds is 6. The van der Waals surface area contributed by atoms with E-state index in [4.69, 9.17) is 9.47 Å². The molecule has 0 heterocycles. The first-order valence-corrected chi connectivity index (χ1v) is 6.57. The Morgan fingerprint density at radius 3 is 2.35 bits per heavy atom. The molecule has 1 aromatic carbocycles. The number of hydrogen-bond acceptors (Lipinski definition) is 4. The van der Waals surface area contributed by atoms with E-state index in [1.807, 2.05) is 37.9 Å². The van der Waals surface area contributed by atoms with Gasteiger partial charge >= 0.3 is 0 Å². The van der Waals surface area contributed by atoms with Gasteiger partial charge in [-0.05, 0) is 44.2 Å². The quantitative estimate of drug-likeness (QED) is 0.859. The Balaban J connectivity index is 2.95. The van der Waals surface area contributed by atoms with Gasteiger partial charge in [-0.3, -0.25) is 9.69 Å². The maximum absolute atomic E-state index is 11.7. The normalized spacial score (nSPS) is 12.2. The van der Waals surface area contributed by atoms with Crippen LogP contribution >= 0.6 is 0 Å². The second-order valence-corrected chi connectivity index (χ2v) is 4.84. The van der Waals surface area contributed by atoms with Gasteiger partial charge in [0.1, 0.15) is 0 Å². The topological polar surface area (TPSA) is 50.8 Å². The van der Waals surface area contributed by atoms with Crippen molar-refractivity contribution >= 4 is 5.91 Å². The maximum Gasteiger partial charge on any atom is 0.236 e. The number of amides is 1. The molecular formula is C15H24N2O3. The van der Waals surface area contributed by atoms with Gasteiger partial charge in [-0.2, -0.15) is 0 Å². The number of nitrogens with one attached hydrogen (secondary N) is 1. The standard InChI is InChI=1S/C15H24N2O3/c1-10-7-13(19-5)14(20-6)8-12(10)9-17(4)11(2)15(18)16-3/h7-8,11H,9H2,1-6H3,(H,16,18)/t11-/m1/s1. The van der Waals surface area contributed by atoms with E-state index >= 15 is 0 Å². The Bertz CT molecular complexity index is 474. The number of ether oxygens (including phenoxy) is 2. The van der Waals surface area contributed by atoms with Crippen molar-refractivity contribution < 1.29 is 14.3 Å². The molecule has 1 aromatic rings. The fourth-order valence-corrected chi connectivity index (χ4v) is 2.01. The number of nitrogens with zero attached hydrogens (tertiary/aromatic N) is 1. The number of aryl methyl sites for hydroxylation is 1. The molecule has 0 aliphatic carbocycles. The Kier molecular flexibility index (Phi) is 5.82. The van der Waals surface area contributed by atoms with Gasteiger partial charge in [0.15, 0.2) is 11.5 Å². The van der Waals surface area contributed by atoms with Crippen LogP contribution in [0.25, 0.3) is 0 Å². The van der Waals surface area contributed by atoms with Crippen LogP contribution in [0.3, 0.4) is 0 Å². The second-order valence-electron chi connectivity index (χ2n) is 4.84. The van der Waals surface area contributed by atoms with Crippen LogP contribution in [0.5, 0.6) is 11.5 Å². The molecule has 0 aromatic heterocycles. The van der Waals surface area contributed by atoms with Crippen molar-refractivity contribution in [3.05, 3.63) is 23.3 Å². The summed E-state index contributed by atoms with van der Waals surface area (Å²) in [6, 6.07) is 3.72. The van der Waals surface area contributed by atoms with Gasteiger partial charge in [0.05, 0.1) is 20.3 Å². The highest BCUT2D eigenvalue weighted by atomic mass is 16.5. The van der Waals surface area contributed by atoms with Gasteiger partial charge in [-0.25, -0.2) is 0 Å². The number of carbonyl (C=O) groups excluding carboxylic acids is 1. The molecule has 0 fully saturated rings. The molecule has 0 unspecified atom stereocenters. The van der Waals surface area contributed by atoms with Gasteiger partial charge in [0, 0.05) is 13.6 Å². The molecule has 0 saturated carbocycles. The van der Waals surface area contributed by atoms with Crippen molar-refractivity contribution in [2.75, 3.05) is 28.3 Å². The van der Waals surface area contributed by atoms with Crippen LogP contribution in [-0.2, 0) is 11.3 Å². The Morgan fingerprint density at radius 1 is 1.30 bits per heavy atom. The van der Waals surface area contributed by atoms with Gasteiger partial charge in [0.25, 0.3) is 0 Å². The van der Waals surface area contributed by atoms with E-state index < -0.39 is 0 Å². The van der Waals surface area contributed by atoms with Gasteiger partial charge in [-0.15, -0.1) is 0 Å². The first-order valence-electron chi connectivity index (χ1n) is 6.57. The summed E-state index contributed by atoms with van der Waals surface area (Å²) >= 11 is 0. The first-order chi connectivity index (χ1) is 9.44. The lowest BCUT2D eigenvalue weighted by Gasteiger charge is -2.24. The zero-order chi connectivity index (χ0) is 15.3. The minimum absolute atomic E-state index is 0.00521. The predicted molar refractivity (Wildman–Crippen MR) is 79.3 cm³/mol. The number of likely N-dealkylation sites (N-methyl/N-ethyl adjacent to an activating group) is 2. The van der Waals surface area contributed by atoms with Crippen molar-refractivity contribution in [1.29, 1.82) is 0 Å². The van der Waals surface area contributed by atoms with Crippen LogP contribution < -0.4 is 14.8 Å². The summed E-state index contributed by atoms with van der Waals surface area (Å²) in [5, 5.41) is 2.66. The Labute approximate surface area is 120 Å². The molecule has 20 heavy (non-hydrogen) atoms. The van der Waals surface area contributed by atoms with Crippen LogP contribution in [0.2, 0.25) is 0 Å². The average molecular weight is 280 g/mol. The van der Waals surface area contributed by atoms with E-state index in [0.29, 0.717) is 12.3 Å². The van der Waals surface area contributed by atoms with Crippen LogP contribution in [0.4, 0.5) is 0 Å². The van der Waals surface area contributed by atoms with Crippen molar-refractivity contribution in [2.45, 2.75) is 26.4 Å². The molecule has 1 atom stereocenters. The molecule has 1 amide bonds. The van der Waals surface area contributed by atoms with Crippen LogP contribution in [-0.4, -0.2) is 45.2 Å². The first kappa shape index (κ1) is 16.3. The monoisotopic (exact) mass is 280 g/mol. The molecule has 5 nitrogen and oxygen atoms in total. The molecule has 0 saturated heterocycles. The van der Waals surface area contributed by atoms with Crippen molar-refractivity contribution in [3.8, 4) is 11.5 Å². The molecule has 112 valence electrons. The molecule has 0 spiro atoms. The number of carbonyl (C=O) groups is 1. The fraction of sp³-hybridized carbons (Fsp3) is 0.533. The van der Waals surface area contributed by atoms with Crippen LogP contribution in [0.15, 0.2) is 12.1 Å². The molecule has 1 N–H and O–H groups in total. The molecular weight excluding hydrogens is 256 g/mol. The zero-order valence-electron chi connectivity index (χ0n) is 13.1. The van der Waals surface area contributed by atoms with Crippen molar-refractivity contribution in [3.63, 3.8) is 0 Å². The van der Waals surface area contributed by atoms with Gasteiger partial charge < -0.3 is 14.8 Å². The third-order valence-corrected chi connectivity index (χ3v) is 3.55. The molecule has 5 heteroatoms. The number of benzene rings is 1. The van der Waals surface area contributed by atoms with E-state index in [9.17, 15) is 4.79 Å². The number of methoxy groups -OCH3 is 2. The summed E-state index contributed by atoms with van der Waals surface area (Å²) in [6.07, 6.45) is 0. The Morgan fingerprint density at radius 2 is 1.85 bits per heavy atom. The lowest BCUT2D eigenvalue weighted by molar-refractivity contribution is -0.125. The molecule has 1 rings (SSSR count). The summed E-state index contributed by atoms with van der Waals surface area (Å²) < 4.78 is 10.6. The lowest BCUT2D eigenvalue weighted by atomic mass is 10.1. The second kappa shape index (κ2) is 7.14. The minimum atomic E-state index is -0.188. The highest BCUT2D eigenvalue weighted by Crippen LogP contribution is 2.30. The fourth-order valence-electron chi connectivity index (χ4n) is 2.01. The van der Waals surface area contributed by atoms with Gasteiger partial charge in [0.2, 0.25) is 5.91 Å².